The Balaban J connectivity index is 3.33. The van der Waals surface area contributed by atoms with Crippen LogP contribution < -0.4 is 5.32 Å². The second kappa shape index (κ2) is 5.99. The number of carbonyl (C=O) groups is 1. The molecule has 112 valence electrons. The highest BCUT2D eigenvalue weighted by Crippen LogP contribution is 2.30. The van der Waals surface area contributed by atoms with Gasteiger partial charge in [-0.3, -0.25) is 4.79 Å². The summed E-state index contributed by atoms with van der Waals surface area (Å²) in [4.78, 5) is 11.7. The first-order valence-corrected chi connectivity index (χ1v) is 8.84. The van der Waals surface area contributed by atoms with Crippen molar-refractivity contribution >= 4 is 41.6 Å². The molecule has 1 amide bonds. The van der Waals surface area contributed by atoms with Gasteiger partial charge in [0.05, 0.1) is 10.0 Å². The molecule has 0 saturated heterocycles. The first-order chi connectivity index (χ1) is 8.98. The van der Waals surface area contributed by atoms with E-state index in [0.717, 1.165) is 12.1 Å². The van der Waals surface area contributed by atoms with Crippen molar-refractivity contribution in [3.63, 3.8) is 0 Å². The van der Waals surface area contributed by atoms with E-state index in [2.05, 4.69) is 21.2 Å². The highest BCUT2D eigenvalue weighted by Gasteiger charge is 2.25. The molecule has 0 heterocycles. The van der Waals surface area contributed by atoms with Gasteiger partial charge in [-0.1, -0.05) is 6.92 Å². The second-order valence-corrected chi connectivity index (χ2v) is 8.22. The summed E-state index contributed by atoms with van der Waals surface area (Å²) < 4.78 is 36.2. The van der Waals surface area contributed by atoms with Crippen molar-refractivity contribution in [2.24, 2.45) is 0 Å². The van der Waals surface area contributed by atoms with E-state index in [1.54, 1.807) is 13.8 Å². The maximum atomic E-state index is 13.5. The number of hydrogen-bond donors (Lipinski definition) is 1. The molecule has 0 aliphatic carbocycles. The molecule has 8 heteroatoms. The van der Waals surface area contributed by atoms with E-state index in [4.69, 9.17) is 10.7 Å². The van der Waals surface area contributed by atoms with Gasteiger partial charge in [0.1, 0.15) is 10.7 Å². The Morgan fingerprint density at radius 2 is 2.00 bits per heavy atom. The van der Waals surface area contributed by atoms with Crippen LogP contribution in [0, 0.1) is 5.82 Å². The fourth-order valence-electron chi connectivity index (χ4n) is 1.37. The number of nitrogens with one attached hydrogen (secondary N) is 1. The van der Waals surface area contributed by atoms with Crippen LogP contribution in [-0.4, -0.2) is 19.9 Å². The monoisotopic (exact) mass is 385 g/mol. The maximum absolute atomic E-state index is 13.5. The van der Waals surface area contributed by atoms with Gasteiger partial charge in [0.15, 0.2) is 0 Å². The molecule has 0 fully saturated rings. The first kappa shape index (κ1) is 17.4. The second-order valence-electron chi connectivity index (χ2n) is 4.89. The summed E-state index contributed by atoms with van der Waals surface area (Å²) in [5.74, 6) is -1.43. The molecule has 0 atom stereocenters. The number of carbonyl (C=O) groups excluding carboxylic acids is 1. The Kier molecular flexibility index (Phi) is 5.21. The molecule has 0 bridgehead atoms. The SMILES string of the molecule is CCC(C)(C)NC(=O)c1cc(F)cc(S(=O)(=O)Cl)c1Br. The maximum Gasteiger partial charge on any atom is 0.262 e. The number of hydrogen-bond acceptors (Lipinski definition) is 3. The molecule has 0 spiro atoms. The minimum absolute atomic E-state index is 0.0571. The predicted octanol–water partition coefficient (Wildman–Crippen LogP) is 3.43. The van der Waals surface area contributed by atoms with Gasteiger partial charge in [-0.2, -0.15) is 0 Å². The van der Waals surface area contributed by atoms with E-state index in [1.165, 1.54) is 0 Å². The van der Waals surface area contributed by atoms with Gasteiger partial charge in [0, 0.05) is 16.2 Å². The molecule has 0 saturated carbocycles. The molecular weight excluding hydrogens is 373 g/mol. The van der Waals surface area contributed by atoms with Gasteiger partial charge in [0.25, 0.3) is 15.0 Å². The third kappa shape index (κ3) is 4.17. The summed E-state index contributed by atoms with van der Waals surface area (Å²) >= 11 is 2.99. The number of halogens is 3. The van der Waals surface area contributed by atoms with Crippen molar-refractivity contribution in [1.29, 1.82) is 0 Å². The van der Waals surface area contributed by atoms with Crippen LogP contribution >= 0.6 is 26.6 Å². The lowest BCUT2D eigenvalue weighted by Crippen LogP contribution is -2.43. The Labute approximate surface area is 130 Å². The van der Waals surface area contributed by atoms with E-state index in [9.17, 15) is 17.6 Å². The van der Waals surface area contributed by atoms with Crippen molar-refractivity contribution in [3.8, 4) is 0 Å². The highest BCUT2D eigenvalue weighted by molar-refractivity contribution is 9.10. The number of amides is 1. The average molecular weight is 387 g/mol. The quantitative estimate of drug-likeness (QED) is 0.806. The third-order valence-corrected chi connectivity index (χ3v) is 5.31. The fraction of sp³-hybridized carbons (Fsp3) is 0.417. The van der Waals surface area contributed by atoms with Gasteiger partial charge in [0.2, 0.25) is 0 Å². The van der Waals surface area contributed by atoms with E-state index in [1.807, 2.05) is 6.92 Å². The summed E-state index contributed by atoms with van der Waals surface area (Å²) in [5.41, 5.74) is -0.617. The summed E-state index contributed by atoms with van der Waals surface area (Å²) in [6, 6.07) is 1.71. The molecule has 1 aromatic carbocycles. The summed E-state index contributed by atoms with van der Waals surface area (Å²) in [6.07, 6.45) is 0.659. The molecule has 0 aliphatic heterocycles. The van der Waals surface area contributed by atoms with Gasteiger partial charge < -0.3 is 5.32 Å². The Morgan fingerprint density at radius 3 is 2.45 bits per heavy atom. The lowest BCUT2D eigenvalue weighted by atomic mass is 10.0. The van der Waals surface area contributed by atoms with Crippen LogP contribution in [0.2, 0.25) is 0 Å². The lowest BCUT2D eigenvalue weighted by Gasteiger charge is -2.25. The van der Waals surface area contributed by atoms with Crippen LogP contribution in [0.5, 0.6) is 0 Å². The van der Waals surface area contributed by atoms with Crippen LogP contribution in [0.3, 0.4) is 0 Å². The molecule has 4 nitrogen and oxygen atoms in total. The average Bonchev–Trinajstić information content (AvgIpc) is 2.29. The standard InChI is InChI=1S/C12H14BrClFNO3S/c1-4-12(2,3)16-11(17)8-5-7(15)6-9(10(8)13)20(14,18)19/h5-6H,4H2,1-3H3,(H,16,17). The van der Waals surface area contributed by atoms with Crippen LogP contribution in [0.15, 0.2) is 21.5 Å². The van der Waals surface area contributed by atoms with Crippen LogP contribution in [-0.2, 0) is 9.05 Å². The number of rotatable bonds is 4. The highest BCUT2D eigenvalue weighted by atomic mass is 79.9. The van der Waals surface area contributed by atoms with E-state index >= 15 is 0 Å². The zero-order valence-electron chi connectivity index (χ0n) is 11.1. The largest absolute Gasteiger partial charge is 0.347 e. The van der Waals surface area contributed by atoms with E-state index in [-0.39, 0.29) is 10.0 Å². The lowest BCUT2D eigenvalue weighted by molar-refractivity contribution is 0.0909. The minimum atomic E-state index is -4.16. The summed E-state index contributed by atoms with van der Waals surface area (Å²) in [7, 11) is 1.06. The Morgan fingerprint density at radius 1 is 1.45 bits per heavy atom. The molecular formula is C12H14BrClFNO3S. The normalized spacial score (nSPS) is 12.3. The molecule has 0 radical (unpaired) electrons. The Bertz CT molecular complexity index is 646. The van der Waals surface area contributed by atoms with Crippen molar-refractivity contribution < 1.29 is 17.6 Å². The van der Waals surface area contributed by atoms with Crippen LogP contribution in [0.4, 0.5) is 4.39 Å². The first-order valence-electron chi connectivity index (χ1n) is 5.74. The third-order valence-electron chi connectivity index (χ3n) is 2.85. The zero-order chi connectivity index (χ0) is 15.7. The molecule has 1 rings (SSSR count). The van der Waals surface area contributed by atoms with E-state index < -0.39 is 31.2 Å². The Hall–Kier alpha value is -0.660. The number of benzene rings is 1. The predicted molar refractivity (Wildman–Crippen MR) is 79.0 cm³/mol. The van der Waals surface area contributed by atoms with Crippen molar-refractivity contribution in [2.75, 3.05) is 0 Å². The molecule has 1 N–H and O–H groups in total. The fourth-order valence-corrected chi connectivity index (χ4v) is 3.64. The van der Waals surface area contributed by atoms with Crippen molar-refractivity contribution in [3.05, 3.63) is 28.0 Å². The van der Waals surface area contributed by atoms with Crippen molar-refractivity contribution in [2.45, 2.75) is 37.6 Å². The topological polar surface area (TPSA) is 63.2 Å². The molecule has 1 aromatic rings. The summed E-state index contributed by atoms with van der Waals surface area (Å²) in [6.45, 7) is 5.49. The van der Waals surface area contributed by atoms with Gasteiger partial charge in [-0.25, -0.2) is 12.8 Å². The van der Waals surface area contributed by atoms with Gasteiger partial charge in [-0.15, -0.1) is 0 Å². The van der Waals surface area contributed by atoms with Crippen molar-refractivity contribution in [1.82, 2.24) is 5.32 Å². The minimum Gasteiger partial charge on any atom is -0.347 e. The van der Waals surface area contributed by atoms with Crippen LogP contribution in [0.25, 0.3) is 0 Å². The van der Waals surface area contributed by atoms with Gasteiger partial charge >= 0.3 is 0 Å². The van der Waals surface area contributed by atoms with E-state index in [0.29, 0.717) is 6.42 Å². The molecule has 0 aliphatic rings. The van der Waals surface area contributed by atoms with Crippen LogP contribution in [0.1, 0.15) is 37.6 Å². The van der Waals surface area contributed by atoms with Gasteiger partial charge in [-0.05, 0) is 48.3 Å². The summed E-state index contributed by atoms with van der Waals surface area (Å²) in [5, 5.41) is 2.70. The molecule has 0 aromatic heterocycles. The molecule has 0 unspecified atom stereocenters. The molecule has 20 heavy (non-hydrogen) atoms. The zero-order valence-corrected chi connectivity index (χ0v) is 14.3. The smallest absolute Gasteiger partial charge is 0.262 e.